The minimum atomic E-state index is -0.570. The molecule has 0 fully saturated rings. The van der Waals surface area contributed by atoms with E-state index in [0.717, 1.165) is 0 Å². The fourth-order valence-corrected chi connectivity index (χ4v) is 2.80. The standard InChI is InChI=1S/C22H21ClN2O5/c1-4-28-19-12-14(9-10-18(19)29-13-20(26)25(2)3)11-17-22(27)30-21(24-17)15-7-5-6-8-16(15)23/h5-12H,4,13H2,1-3H3. The molecule has 1 aliphatic heterocycles. The number of esters is 1. The summed E-state index contributed by atoms with van der Waals surface area (Å²) in [5, 5.41) is 0.442. The van der Waals surface area contributed by atoms with Crippen LogP contribution in [0.3, 0.4) is 0 Å². The molecule has 0 saturated heterocycles. The van der Waals surface area contributed by atoms with Crippen molar-refractivity contribution in [1.82, 2.24) is 4.90 Å². The van der Waals surface area contributed by atoms with E-state index in [2.05, 4.69) is 4.99 Å². The number of hydrogen-bond donors (Lipinski definition) is 0. The van der Waals surface area contributed by atoms with Gasteiger partial charge in [-0.05, 0) is 42.8 Å². The van der Waals surface area contributed by atoms with Gasteiger partial charge in [-0.3, -0.25) is 4.79 Å². The molecular formula is C22H21ClN2O5. The molecule has 30 heavy (non-hydrogen) atoms. The van der Waals surface area contributed by atoms with Crippen LogP contribution in [0.2, 0.25) is 5.02 Å². The number of cyclic esters (lactones) is 1. The molecule has 0 atom stereocenters. The molecule has 3 rings (SSSR count). The van der Waals surface area contributed by atoms with E-state index in [9.17, 15) is 9.59 Å². The van der Waals surface area contributed by atoms with Crippen LogP contribution in [0.4, 0.5) is 0 Å². The molecule has 156 valence electrons. The van der Waals surface area contributed by atoms with Crippen LogP contribution < -0.4 is 9.47 Å². The van der Waals surface area contributed by atoms with Gasteiger partial charge < -0.3 is 19.1 Å². The minimum absolute atomic E-state index is 0.106. The Morgan fingerprint density at radius 1 is 1.17 bits per heavy atom. The van der Waals surface area contributed by atoms with Crippen molar-refractivity contribution in [3.8, 4) is 11.5 Å². The lowest BCUT2D eigenvalue weighted by Gasteiger charge is -2.14. The summed E-state index contributed by atoms with van der Waals surface area (Å²) in [6.07, 6.45) is 1.59. The first-order chi connectivity index (χ1) is 14.4. The Hall–Kier alpha value is -3.32. The van der Waals surface area contributed by atoms with E-state index >= 15 is 0 Å². The summed E-state index contributed by atoms with van der Waals surface area (Å²) >= 11 is 6.16. The number of nitrogens with zero attached hydrogens (tertiary/aromatic N) is 2. The molecule has 0 radical (unpaired) electrons. The second-order valence-electron chi connectivity index (χ2n) is 6.53. The summed E-state index contributed by atoms with van der Waals surface area (Å²) < 4.78 is 16.5. The molecule has 0 N–H and O–H groups in total. The number of amides is 1. The van der Waals surface area contributed by atoms with Gasteiger partial charge >= 0.3 is 5.97 Å². The Kier molecular flexibility index (Phi) is 6.74. The SMILES string of the molecule is CCOc1cc(C=C2N=C(c3ccccc3Cl)OC2=O)ccc1OCC(=O)N(C)C. The summed E-state index contributed by atoms with van der Waals surface area (Å²) in [7, 11) is 3.31. The van der Waals surface area contributed by atoms with Gasteiger partial charge in [0, 0.05) is 14.1 Å². The maximum absolute atomic E-state index is 12.2. The van der Waals surface area contributed by atoms with Crippen LogP contribution >= 0.6 is 11.6 Å². The largest absolute Gasteiger partial charge is 0.490 e. The van der Waals surface area contributed by atoms with E-state index < -0.39 is 5.97 Å². The predicted octanol–water partition coefficient (Wildman–Crippen LogP) is 3.55. The zero-order valence-electron chi connectivity index (χ0n) is 16.8. The van der Waals surface area contributed by atoms with Gasteiger partial charge in [-0.15, -0.1) is 0 Å². The Morgan fingerprint density at radius 2 is 1.93 bits per heavy atom. The third-order valence-electron chi connectivity index (χ3n) is 4.15. The van der Waals surface area contributed by atoms with E-state index in [-0.39, 0.29) is 24.1 Å². The number of carbonyl (C=O) groups is 2. The van der Waals surface area contributed by atoms with Gasteiger partial charge in [0.15, 0.2) is 23.8 Å². The van der Waals surface area contributed by atoms with Crippen LogP contribution in [-0.4, -0.2) is 50.0 Å². The van der Waals surface area contributed by atoms with Crippen LogP contribution in [0, 0.1) is 0 Å². The number of rotatable bonds is 7. The lowest BCUT2D eigenvalue weighted by molar-refractivity contribution is -0.131. The fourth-order valence-electron chi connectivity index (χ4n) is 2.59. The molecule has 0 bridgehead atoms. The quantitative estimate of drug-likeness (QED) is 0.498. The highest BCUT2D eigenvalue weighted by Gasteiger charge is 2.25. The number of halogens is 1. The molecule has 0 unspecified atom stereocenters. The molecule has 0 saturated carbocycles. The van der Waals surface area contributed by atoms with Crippen LogP contribution in [0.5, 0.6) is 11.5 Å². The van der Waals surface area contributed by atoms with Crippen LogP contribution in [0.25, 0.3) is 6.08 Å². The first kappa shape index (κ1) is 21.4. The summed E-state index contributed by atoms with van der Waals surface area (Å²) in [5.41, 5.74) is 1.35. The first-order valence-corrected chi connectivity index (χ1v) is 9.64. The molecule has 2 aromatic carbocycles. The Balaban J connectivity index is 1.85. The molecule has 2 aromatic rings. The smallest absolute Gasteiger partial charge is 0.363 e. The average Bonchev–Trinajstić information content (AvgIpc) is 3.07. The summed E-state index contributed by atoms with van der Waals surface area (Å²) in [6, 6.07) is 12.1. The van der Waals surface area contributed by atoms with Gasteiger partial charge in [-0.2, -0.15) is 0 Å². The Bertz CT molecular complexity index is 1030. The van der Waals surface area contributed by atoms with E-state index in [0.29, 0.717) is 34.3 Å². The summed E-state index contributed by atoms with van der Waals surface area (Å²) in [5.74, 6) is 0.311. The highest BCUT2D eigenvalue weighted by molar-refractivity contribution is 6.34. The Morgan fingerprint density at radius 3 is 2.63 bits per heavy atom. The molecular weight excluding hydrogens is 408 g/mol. The normalized spacial score (nSPS) is 14.3. The zero-order chi connectivity index (χ0) is 21.7. The highest BCUT2D eigenvalue weighted by atomic mass is 35.5. The summed E-state index contributed by atoms with van der Waals surface area (Å²) in [4.78, 5) is 29.7. The zero-order valence-corrected chi connectivity index (χ0v) is 17.6. The van der Waals surface area contributed by atoms with Crippen LogP contribution in [-0.2, 0) is 14.3 Å². The topological polar surface area (TPSA) is 77.4 Å². The van der Waals surface area contributed by atoms with Crippen molar-refractivity contribution in [3.05, 3.63) is 64.3 Å². The molecule has 0 aromatic heterocycles. The van der Waals surface area contributed by atoms with Gasteiger partial charge in [0.1, 0.15) is 0 Å². The number of aliphatic imine (C=N–C) groups is 1. The molecule has 8 heteroatoms. The van der Waals surface area contributed by atoms with Crippen molar-refractivity contribution < 1.29 is 23.8 Å². The minimum Gasteiger partial charge on any atom is -0.490 e. The Labute approximate surface area is 179 Å². The second-order valence-corrected chi connectivity index (χ2v) is 6.94. The number of benzene rings is 2. The third-order valence-corrected chi connectivity index (χ3v) is 4.48. The molecule has 0 aliphatic carbocycles. The lowest BCUT2D eigenvalue weighted by Crippen LogP contribution is -2.27. The predicted molar refractivity (Wildman–Crippen MR) is 114 cm³/mol. The van der Waals surface area contributed by atoms with Crippen LogP contribution in [0.15, 0.2) is 53.2 Å². The van der Waals surface area contributed by atoms with Gasteiger partial charge in [0.05, 0.1) is 17.2 Å². The number of likely N-dealkylation sites (N-methyl/N-ethyl adjacent to an activating group) is 1. The average molecular weight is 429 g/mol. The molecule has 0 spiro atoms. The maximum Gasteiger partial charge on any atom is 0.363 e. The van der Waals surface area contributed by atoms with Gasteiger partial charge in [0.2, 0.25) is 5.90 Å². The molecule has 1 heterocycles. The third kappa shape index (κ3) is 4.99. The second kappa shape index (κ2) is 9.45. The van der Waals surface area contributed by atoms with Gasteiger partial charge in [-0.25, -0.2) is 9.79 Å². The first-order valence-electron chi connectivity index (χ1n) is 9.26. The van der Waals surface area contributed by atoms with Crippen molar-refractivity contribution in [2.24, 2.45) is 4.99 Å². The molecule has 1 amide bonds. The number of ether oxygens (including phenoxy) is 3. The van der Waals surface area contributed by atoms with Crippen molar-refractivity contribution >= 4 is 35.5 Å². The van der Waals surface area contributed by atoms with Crippen molar-refractivity contribution in [3.63, 3.8) is 0 Å². The van der Waals surface area contributed by atoms with E-state index in [1.54, 1.807) is 62.6 Å². The van der Waals surface area contributed by atoms with E-state index in [1.807, 2.05) is 6.92 Å². The maximum atomic E-state index is 12.2. The fraction of sp³-hybridized carbons (Fsp3) is 0.227. The van der Waals surface area contributed by atoms with Crippen LogP contribution in [0.1, 0.15) is 18.1 Å². The van der Waals surface area contributed by atoms with Crippen molar-refractivity contribution in [2.45, 2.75) is 6.92 Å². The van der Waals surface area contributed by atoms with Gasteiger partial charge in [0.25, 0.3) is 5.91 Å². The van der Waals surface area contributed by atoms with Crippen molar-refractivity contribution in [2.75, 3.05) is 27.3 Å². The summed E-state index contributed by atoms with van der Waals surface area (Å²) in [6.45, 7) is 2.15. The molecule has 1 aliphatic rings. The number of carbonyl (C=O) groups excluding carboxylic acids is 2. The van der Waals surface area contributed by atoms with E-state index in [4.69, 9.17) is 25.8 Å². The molecule has 7 nitrogen and oxygen atoms in total. The highest BCUT2D eigenvalue weighted by Crippen LogP contribution is 2.30. The van der Waals surface area contributed by atoms with E-state index in [1.165, 1.54) is 4.90 Å². The van der Waals surface area contributed by atoms with Gasteiger partial charge in [-0.1, -0.05) is 29.8 Å². The van der Waals surface area contributed by atoms with Crippen molar-refractivity contribution in [1.29, 1.82) is 0 Å². The monoisotopic (exact) mass is 428 g/mol. The number of hydrogen-bond acceptors (Lipinski definition) is 6. The lowest BCUT2D eigenvalue weighted by atomic mass is 10.1.